The number of benzene rings is 3. The highest BCUT2D eigenvalue weighted by atomic mass is 32.2. The Morgan fingerprint density at radius 3 is 2.14 bits per heavy atom. The molecule has 2 amide bonds. The van der Waals surface area contributed by atoms with Crippen LogP contribution < -0.4 is 9.62 Å². The van der Waals surface area contributed by atoms with Crippen molar-refractivity contribution in [3.63, 3.8) is 0 Å². The van der Waals surface area contributed by atoms with E-state index in [4.69, 9.17) is 0 Å². The summed E-state index contributed by atoms with van der Waals surface area (Å²) >= 11 is 0. The van der Waals surface area contributed by atoms with Crippen LogP contribution in [0.1, 0.15) is 52.0 Å². The molecule has 1 aliphatic heterocycles. The molecule has 1 saturated heterocycles. The Morgan fingerprint density at radius 1 is 0.892 bits per heavy atom. The normalized spacial score (nSPS) is 14.1. The fraction of sp³-hybridized carbons (Fsp3) is 0.286. The Morgan fingerprint density at radius 2 is 1.51 bits per heavy atom. The lowest BCUT2D eigenvalue weighted by atomic mass is 10.1. The summed E-state index contributed by atoms with van der Waals surface area (Å²) in [5.41, 5.74) is 2.19. The number of para-hydroxylation sites is 1. The van der Waals surface area contributed by atoms with Crippen molar-refractivity contribution in [3.8, 4) is 0 Å². The number of nitrogens with one attached hydrogen (secondary N) is 1. The van der Waals surface area contributed by atoms with Gasteiger partial charge in [-0.2, -0.15) is 0 Å². The van der Waals surface area contributed by atoms with Crippen molar-refractivity contribution in [3.05, 3.63) is 95.3 Å². The maximum Gasteiger partial charge on any atom is 0.255 e. The van der Waals surface area contributed by atoms with Crippen LogP contribution in [0.3, 0.4) is 0 Å². The highest BCUT2D eigenvalue weighted by Gasteiger charge is 2.22. The zero-order valence-electron chi connectivity index (χ0n) is 20.7. The summed E-state index contributed by atoms with van der Waals surface area (Å²) in [7, 11) is -3.64. The van der Waals surface area contributed by atoms with Crippen molar-refractivity contribution in [1.29, 1.82) is 0 Å². The van der Waals surface area contributed by atoms with Crippen molar-refractivity contribution in [2.75, 3.05) is 29.0 Å². The second-order valence-corrected chi connectivity index (χ2v) is 11.1. The first kappa shape index (κ1) is 26.3. The van der Waals surface area contributed by atoms with E-state index >= 15 is 0 Å². The number of hydrogen-bond acceptors (Lipinski definition) is 4. The van der Waals surface area contributed by atoms with E-state index in [1.165, 1.54) is 40.7 Å². The lowest BCUT2D eigenvalue weighted by molar-refractivity contribution is 0.0762. The zero-order chi connectivity index (χ0) is 26.4. The number of hydrogen-bond donors (Lipinski definition) is 1. The summed E-state index contributed by atoms with van der Waals surface area (Å²) < 4.78 is 39.3. The van der Waals surface area contributed by atoms with Gasteiger partial charge in [0.25, 0.3) is 11.8 Å². The smallest absolute Gasteiger partial charge is 0.255 e. The average Bonchev–Trinajstić information content (AvgIpc) is 3.17. The Balaban J connectivity index is 1.51. The molecule has 7 nitrogen and oxygen atoms in total. The molecule has 0 radical (unpaired) electrons. The first-order valence-corrected chi connectivity index (χ1v) is 14.1. The highest BCUT2D eigenvalue weighted by molar-refractivity contribution is 7.92. The van der Waals surface area contributed by atoms with Crippen molar-refractivity contribution in [2.45, 2.75) is 32.2 Å². The third-order valence-electron chi connectivity index (χ3n) is 6.36. The molecule has 0 bridgehead atoms. The third-order valence-corrected chi connectivity index (χ3v) is 7.50. The van der Waals surface area contributed by atoms with E-state index in [1.807, 2.05) is 4.90 Å². The van der Waals surface area contributed by atoms with Crippen molar-refractivity contribution in [1.82, 2.24) is 4.90 Å². The van der Waals surface area contributed by atoms with Gasteiger partial charge in [-0.15, -0.1) is 0 Å². The van der Waals surface area contributed by atoms with Gasteiger partial charge in [-0.25, -0.2) is 12.8 Å². The fourth-order valence-electron chi connectivity index (χ4n) is 4.35. The summed E-state index contributed by atoms with van der Waals surface area (Å²) in [5, 5.41) is 2.83. The van der Waals surface area contributed by atoms with Crippen LogP contribution in [0.4, 0.5) is 15.8 Å². The van der Waals surface area contributed by atoms with Gasteiger partial charge >= 0.3 is 0 Å². The van der Waals surface area contributed by atoms with Crippen LogP contribution in [-0.4, -0.2) is 44.5 Å². The maximum atomic E-state index is 13.2. The van der Waals surface area contributed by atoms with Crippen LogP contribution in [0.15, 0.2) is 72.8 Å². The van der Waals surface area contributed by atoms with Crippen LogP contribution in [0, 0.1) is 5.82 Å². The predicted molar refractivity (Wildman–Crippen MR) is 143 cm³/mol. The molecule has 194 valence electrons. The molecule has 1 fully saturated rings. The largest absolute Gasteiger partial charge is 0.339 e. The Bertz CT molecular complexity index is 1350. The Labute approximate surface area is 217 Å². The molecule has 1 N–H and O–H groups in total. The first-order chi connectivity index (χ1) is 17.7. The molecule has 0 aromatic heterocycles. The number of likely N-dealkylation sites (tertiary alicyclic amines) is 1. The quantitative estimate of drug-likeness (QED) is 0.469. The molecule has 0 atom stereocenters. The number of sulfonamides is 1. The maximum absolute atomic E-state index is 13.2. The van der Waals surface area contributed by atoms with E-state index in [-0.39, 0.29) is 12.5 Å². The van der Waals surface area contributed by atoms with Gasteiger partial charge in [0, 0.05) is 18.7 Å². The van der Waals surface area contributed by atoms with Gasteiger partial charge in [0.05, 0.1) is 29.7 Å². The molecule has 0 spiro atoms. The molecule has 3 aromatic rings. The molecular formula is C28H30FN3O4S. The lowest BCUT2D eigenvalue weighted by Gasteiger charge is -2.23. The first-order valence-electron chi connectivity index (χ1n) is 12.2. The Kier molecular flexibility index (Phi) is 8.23. The summed E-state index contributed by atoms with van der Waals surface area (Å²) in [6.45, 7) is 1.44. The minimum absolute atomic E-state index is 0.0244. The molecule has 1 heterocycles. The van der Waals surface area contributed by atoms with Gasteiger partial charge < -0.3 is 10.2 Å². The number of rotatable bonds is 7. The van der Waals surface area contributed by atoms with Gasteiger partial charge in [-0.3, -0.25) is 13.9 Å². The number of anilines is 2. The summed E-state index contributed by atoms with van der Waals surface area (Å²) in [6, 6.07) is 18.7. The van der Waals surface area contributed by atoms with Crippen LogP contribution in [0.25, 0.3) is 0 Å². The minimum atomic E-state index is -3.64. The second kappa shape index (κ2) is 11.6. The number of nitrogens with zero attached hydrogens (tertiary/aromatic N) is 2. The fourth-order valence-corrected chi connectivity index (χ4v) is 5.24. The van der Waals surface area contributed by atoms with Crippen molar-refractivity contribution in [2.24, 2.45) is 0 Å². The number of carbonyl (C=O) groups is 2. The van der Waals surface area contributed by atoms with Gasteiger partial charge in [0.2, 0.25) is 10.0 Å². The topological polar surface area (TPSA) is 86.8 Å². The van der Waals surface area contributed by atoms with E-state index in [0.717, 1.165) is 31.9 Å². The van der Waals surface area contributed by atoms with Crippen LogP contribution in [0.5, 0.6) is 0 Å². The third kappa shape index (κ3) is 6.74. The average molecular weight is 524 g/mol. The lowest BCUT2D eigenvalue weighted by Crippen LogP contribution is -2.32. The summed E-state index contributed by atoms with van der Waals surface area (Å²) in [4.78, 5) is 28.0. The van der Waals surface area contributed by atoms with Gasteiger partial charge in [-0.05, 0) is 66.9 Å². The summed E-state index contributed by atoms with van der Waals surface area (Å²) in [6.07, 6.45) is 5.25. The van der Waals surface area contributed by atoms with Gasteiger partial charge in [-0.1, -0.05) is 37.1 Å². The van der Waals surface area contributed by atoms with Crippen molar-refractivity contribution < 1.29 is 22.4 Å². The van der Waals surface area contributed by atoms with E-state index in [0.29, 0.717) is 41.2 Å². The molecule has 3 aromatic carbocycles. The van der Waals surface area contributed by atoms with E-state index in [9.17, 15) is 22.4 Å². The molecule has 9 heteroatoms. The summed E-state index contributed by atoms with van der Waals surface area (Å²) in [5.74, 6) is -0.912. The zero-order valence-corrected chi connectivity index (χ0v) is 21.5. The van der Waals surface area contributed by atoms with Crippen LogP contribution >= 0.6 is 0 Å². The highest BCUT2D eigenvalue weighted by Crippen LogP contribution is 2.24. The molecule has 0 aliphatic carbocycles. The van der Waals surface area contributed by atoms with E-state index < -0.39 is 21.7 Å². The molecule has 4 rings (SSSR count). The van der Waals surface area contributed by atoms with Gasteiger partial charge in [0.15, 0.2) is 0 Å². The number of carbonyl (C=O) groups excluding carboxylic acids is 2. The van der Waals surface area contributed by atoms with Crippen LogP contribution in [-0.2, 0) is 16.6 Å². The number of halogens is 1. The molecule has 0 unspecified atom stereocenters. The van der Waals surface area contributed by atoms with E-state index in [2.05, 4.69) is 5.32 Å². The Hall–Kier alpha value is -3.72. The molecule has 1 aliphatic rings. The molecule has 37 heavy (non-hydrogen) atoms. The monoisotopic (exact) mass is 523 g/mol. The molecule has 0 saturated carbocycles. The standard InChI is InChI=1S/C28H30FN3O4S/c1-37(35,36)32(20-21-10-14-23(29)15-11-21)24-16-12-22(13-17-24)27(33)30-26-9-5-4-8-25(26)28(34)31-18-6-2-3-7-19-31/h4-5,8-17H,2-3,6-7,18-20H2,1H3,(H,30,33). The second-order valence-electron chi connectivity index (χ2n) is 9.15. The SMILES string of the molecule is CS(=O)(=O)N(Cc1ccc(F)cc1)c1ccc(C(=O)Nc2ccccc2C(=O)N2CCCCCC2)cc1. The van der Waals surface area contributed by atoms with Crippen LogP contribution in [0.2, 0.25) is 0 Å². The predicted octanol–water partition coefficient (Wildman–Crippen LogP) is 5.06. The van der Waals surface area contributed by atoms with E-state index in [1.54, 1.807) is 36.4 Å². The van der Waals surface area contributed by atoms with Gasteiger partial charge in [0.1, 0.15) is 5.82 Å². The van der Waals surface area contributed by atoms with Crippen molar-refractivity contribution >= 4 is 33.2 Å². The number of amides is 2. The molecular weight excluding hydrogens is 493 g/mol. The minimum Gasteiger partial charge on any atom is -0.339 e.